The number of carbonyl (C=O) groups is 3. The summed E-state index contributed by atoms with van der Waals surface area (Å²) >= 11 is 12.5. The SMILES string of the molecule is CC(=O)c1cc(Cl)c(NC(=O)CN2CCN(CCCCC(c3ccc(F)cc3)c3ccc(F)cc3)C(C(N)=O)C2)c(Cl)c1. The number of Topliss-reactive ketones (excluding diaryl/α,β-unsaturated/α-hetero) is 1. The highest BCUT2D eigenvalue weighted by atomic mass is 35.5. The molecule has 1 saturated heterocycles. The van der Waals surface area contributed by atoms with E-state index in [4.69, 9.17) is 28.9 Å². The summed E-state index contributed by atoms with van der Waals surface area (Å²) in [4.78, 5) is 40.7. The summed E-state index contributed by atoms with van der Waals surface area (Å²) in [7, 11) is 0. The number of amides is 2. The third-order valence-corrected chi connectivity index (χ3v) is 8.31. The third kappa shape index (κ3) is 8.83. The van der Waals surface area contributed by atoms with Gasteiger partial charge in [-0.3, -0.25) is 24.2 Å². The Labute approximate surface area is 259 Å². The predicted octanol–water partition coefficient (Wildman–Crippen LogP) is 5.89. The van der Waals surface area contributed by atoms with Crippen LogP contribution in [0.1, 0.15) is 53.6 Å². The van der Waals surface area contributed by atoms with E-state index >= 15 is 0 Å². The Morgan fingerprint density at radius 1 is 0.930 bits per heavy atom. The fourth-order valence-electron chi connectivity index (χ4n) is 5.42. The molecule has 0 spiro atoms. The number of piperazine rings is 1. The number of ketones is 1. The average Bonchev–Trinajstić information content (AvgIpc) is 2.96. The number of nitrogens with two attached hydrogens (primary N) is 1. The zero-order valence-electron chi connectivity index (χ0n) is 23.8. The molecule has 228 valence electrons. The number of nitrogens with zero attached hydrogens (tertiary/aromatic N) is 2. The first-order valence-corrected chi connectivity index (χ1v) is 14.8. The molecule has 1 aliphatic rings. The van der Waals surface area contributed by atoms with E-state index in [2.05, 4.69) is 5.32 Å². The quantitative estimate of drug-likeness (QED) is 0.192. The van der Waals surface area contributed by atoms with Crippen molar-refractivity contribution in [3.8, 4) is 0 Å². The number of nitrogens with one attached hydrogen (secondary N) is 1. The van der Waals surface area contributed by atoms with Crippen LogP contribution in [0.5, 0.6) is 0 Å². The van der Waals surface area contributed by atoms with Crippen LogP contribution >= 0.6 is 23.2 Å². The molecule has 1 atom stereocenters. The van der Waals surface area contributed by atoms with Gasteiger partial charge in [-0.2, -0.15) is 0 Å². The molecule has 4 rings (SSSR count). The van der Waals surface area contributed by atoms with Crippen molar-refractivity contribution in [2.24, 2.45) is 5.73 Å². The lowest BCUT2D eigenvalue weighted by atomic mass is 9.87. The Kier molecular flexibility index (Phi) is 11.3. The summed E-state index contributed by atoms with van der Waals surface area (Å²) in [5.74, 6) is -1.67. The summed E-state index contributed by atoms with van der Waals surface area (Å²) in [6, 6.07) is 15.1. The van der Waals surface area contributed by atoms with Gasteiger partial charge in [-0.25, -0.2) is 8.78 Å². The van der Waals surface area contributed by atoms with E-state index in [1.165, 1.54) is 43.3 Å². The van der Waals surface area contributed by atoms with Crippen LogP contribution in [0.15, 0.2) is 60.7 Å². The second-order valence-electron chi connectivity index (χ2n) is 10.8. The molecule has 3 aromatic rings. The largest absolute Gasteiger partial charge is 0.368 e. The first-order valence-electron chi connectivity index (χ1n) is 14.1. The lowest BCUT2D eigenvalue weighted by Gasteiger charge is -2.39. The van der Waals surface area contributed by atoms with Crippen LogP contribution in [0.3, 0.4) is 0 Å². The van der Waals surface area contributed by atoms with E-state index in [1.54, 1.807) is 24.3 Å². The summed E-state index contributed by atoms with van der Waals surface area (Å²) in [6.45, 7) is 3.44. The van der Waals surface area contributed by atoms with Gasteiger partial charge in [0.15, 0.2) is 5.78 Å². The van der Waals surface area contributed by atoms with Gasteiger partial charge in [0.2, 0.25) is 11.8 Å². The monoisotopic (exact) mass is 630 g/mol. The van der Waals surface area contributed by atoms with Crippen molar-refractivity contribution in [1.29, 1.82) is 0 Å². The van der Waals surface area contributed by atoms with Crippen molar-refractivity contribution in [3.63, 3.8) is 0 Å². The van der Waals surface area contributed by atoms with Crippen LogP contribution in [0.25, 0.3) is 0 Å². The Hall–Kier alpha value is -3.37. The number of halogens is 4. The maximum absolute atomic E-state index is 13.5. The molecule has 2 amide bonds. The van der Waals surface area contributed by atoms with Gasteiger partial charge in [0.1, 0.15) is 17.7 Å². The van der Waals surface area contributed by atoms with Crippen LogP contribution < -0.4 is 11.1 Å². The first-order chi connectivity index (χ1) is 20.5. The summed E-state index contributed by atoms with van der Waals surface area (Å²) in [6.07, 6.45) is 2.37. The number of anilines is 1. The lowest BCUT2D eigenvalue weighted by Crippen LogP contribution is -2.59. The Morgan fingerprint density at radius 2 is 1.49 bits per heavy atom. The van der Waals surface area contributed by atoms with E-state index in [-0.39, 0.29) is 51.5 Å². The van der Waals surface area contributed by atoms with Crippen LogP contribution in [-0.4, -0.2) is 66.2 Å². The molecule has 0 saturated carbocycles. The number of hydrogen-bond donors (Lipinski definition) is 2. The number of carbonyl (C=O) groups excluding carboxylic acids is 3. The fraction of sp³-hybridized carbons (Fsp3) is 0.344. The molecule has 11 heteroatoms. The van der Waals surface area contributed by atoms with E-state index in [9.17, 15) is 23.2 Å². The molecule has 7 nitrogen and oxygen atoms in total. The zero-order valence-corrected chi connectivity index (χ0v) is 25.3. The highest BCUT2D eigenvalue weighted by Crippen LogP contribution is 2.33. The lowest BCUT2D eigenvalue weighted by molar-refractivity contribution is -0.127. The number of rotatable bonds is 12. The maximum Gasteiger partial charge on any atom is 0.238 e. The molecule has 0 aromatic heterocycles. The third-order valence-electron chi connectivity index (χ3n) is 7.72. The molecule has 0 radical (unpaired) electrons. The van der Waals surface area contributed by atoms with Crippen molar-refractivity contribution >= 4 is 46.5 Å². The highest BCUT2D eigenvalue weighted by molar-refractivity contribution is 6.40. The molecule has 1 aliphatic heterocycles. The van der Waals surface area contributed by atoms with E-state index in [1.807, 2.05) is 9.80 Å². The molecule has 3 aromatic carbocycles. The number of hydrogen-bond acceptors (Lipinski definition) is 5. The average molecular weight is 632 g/mol. The van der Waals surface area contributed by atoms with Gasteiger partial charge in [-0.05, 0) is 73.8 Å². The van der Waals surface area contributed by atoms with Crippen molar-refractivity contribution in [3.05, 3.63) is 99.0 Å². The second kappa shape index (κ2) is 14.9. The van der Waals surface area contributed by atoms with Crippen molar-refractivity contribution in [2.75, 3.05) is 38.0 Å². The van der Waals surface area contributed by atoms with Gasteiger partial charge < -0.3 is 11.1 Å². The van der Waals surface area contributed by atoms with Crippen LogP contribution in [-0.2, 0) is 9.59 Å². The van der Waals surface area contributed by atoms with Gasteiger partial charge in [0.25, 0.3) is 0 Å². The van der Waals surface area contributed by atoms with Crippen molar-refractivity contribution in [1.82, 2.24) is 9.80 Å². The molecule has 0 bridgehead atoms. The highest BCUT2D eigenvalue weighted by Gasteiger charge is 2.31. The van der Waals surface area contributed by atoms with Crippen molar-refractivity contribution < 1.29 is 23.2 Å². The number of unbranched alkanes of at least 4 members (excludes halogenated alkanes) is 1. The molecular weight excluding hydrogens is 597 g/mol. The van der Waals surface area contributed by atoms with Crippen LogP contribution in [0.4, 0.5) is 14.5 Å². The minimum atomic E-state index is -0.562. The van der Waals surface area contributed by atoms with Gasteiger partial charge in [0.05, 0.1) is 22.3 Å². The smallest absolute Gasteiger partial charge is 0.238 e. The first kappa shape index (κ1) is 32.5. The van der Waals surface area contributed by atoms with Gasteiger partial charge in [-0.1, -0.05) is 53.9 Å². The molecule has 0 aliphatic carbocycles. The molecule has 43 heavy (non-hydrogen) atoms. The van der Waals surface area contributed by atoms with Crippen molar-refractivity contribution in [2.45, 2.75) is 38.1 Å². The predicted molar refractivity (Wildman–Crippen MR) is 165 cm³/mol. The van der Waals surface area contributed by atoms with E-state index in [0.29, 0.717) is 31.7 Å². The number of benzene rings is 3. The minimum absolute atomic E-state index is 0.00968. The topological polar surface area (TPSA) is 95.7 Å². The molecule has 1 heterocycles. The van der Waals surface area contributed by atoms with Crippen LogP contribution in [0.2, 0.25) is 10.0 Å². The second-order valence-corrected chi connectivity index (χ2v) is 11.6. The fourth-order valence-corrected chi connectivity index (χ4v) is 6.00. The van der Waals surface area contributed by atoms with E-state index in [0.717, 1.165) is 30.4 Å². The number of primary amides is 1. The Bertz CT molecular complexity index is 1390. The van der Waals surface area contributed by atoms with Gasteiger partial charge >= 0.3 is 0 Å². The zero-order chi connectivity index (χ0) is 31.1. The Balaban J connectivity index is 1.31. The van der Waals surface area contributed by atoms with Gasteiger partial charge in [-0.15, -0.1) is 0 Å². The summed E-state index contributed by atoms with van der Waals surface area (Å²) in [5.41, 5.74) is 8.22. The molecule has 1 unspecified atom stereocenters. The normalized spacial score (nSPS) is 15.9. The molecular formula is C32H34Cl2F2N4O3. The Morgan fingerprint density at radius 3 is 2.00 bits per heavy atom. The van der Waals surface area contributed by atoms with Crippen LogP contribution in [0, 0.1) is 11.6 Å². The molecule has 1 fully saturated rings. The summed E-state index contributed by atoms with van der Waals surface area (Å²) in [5, 5.41) is 3.02. The molecule has 3 N–H and O–H groups in total. The summed E-state index contributed by atoms with van der Waals surface area (Å²) < 4.78 is 27.1. The van der Waals surface area contributed by atoms with E-state index < -0.39 is 11.9 Å². The van der Waals surface area contributed by atoms with Gasteiger partial charge in [0, 0.05) is 31.1 Å². The standard InChI is InChI=1S/C32H34Cl2F2N4O3/c1-20(41)23-16-27(33)31(28(34)17-23)38-30(42)19-39-14-15-40(29(18-39)32(37)43)13-3-2-4-26(21-5-9-24(35)10-6-21)22-7-11-25(36)12-8-22/h5-12,16-17,26,29H,2-4,13-15,18-19H2,1H3,(H2,37,43)(H,38,42). The maximum atomic E-state index is 13.5. The minimum Gasteiger partial charge on any atom is -0.368 e.